The van der Waals surface area contributed by atoms with Gasteiger partial charge in [-0.1, -0.05) is 301 Å². The van der Waals surface area contributed by atoms with Crippen LogP contribution >= 0.6 is 0 Å². The van der Waals surface area contributed by atoms with E-state index in [9.17, 15) is 19.8 Å². The second-order valence-corrected chi connectivity index (χ2v) is 21.7. The van der Waals surface area contributed by atoms with Gasteiger partial charge in [-0.25, -0.2) is 0 Å². The van der Waals surface area contributed by atoms with E-state index in [2.05, 4.69) is 43.5 Å². The van der Waals surface area contributed by atoms with Gasteiger partial charge in [-0.15, -0.1) is 0 Å². The Morgan fingerprint density at radius 3 is 1.09 bits per heavy atom. The SMILES string of the molecule is CCCCCCCCCCCCCCCCC(O)C(CO)NC(=O)CCCCCCCCCCCCC/C=C\C/C=C\CCCCCCCCCCCOC(=O)CCCCCCCCCCCCCC. The number of nitrogens with one attached hydrogen (secondary N) is 1. The van der Waals surface area contributed by atoms with Crippen molar-refractivity contribution < 1.29 is 24.5 Å². The van der Waals surface area contributed by atoms with E-state index in [0.29, 0.717) is 25.9 Å². The first-order valence-corrected chi connectivity index (χ1v) is 31.6. The van der Waals surface area contributed by atoms with Gasteiger partial charge in [-0.3, -0.25) is 9.59 Å². The van der Waals surface area contributed by atoms with Crippen LogP contribution in [0.25, 0.3) is 0 Å². The van der Waals surface area contributed by atoms with Crippen molar-refractivity contribution >= 4 is 11.9 Å². The van der Waals surface area contributed by atoms with Crippen LogP contribution in [0, 0.1) is 0 Å². The molecule has 2 unspecified atom stereocenters. The molecule has 3 N–H and O–H groups in total. The first-order chi connectivity index (χ1) is 34.5. The first kappa shape index (κ1) is 68.3. The number of aliphatic hydroxyl groups excluding tert-OH is 2. The number of rotatable bonds is 59. The molecule has 414 valence electrons. The topological polar surface area (TPSA) is 95.9 Å². The highest BCUT2D eigenvalue weighted by molar-refractivity contribution is 5.76. The van der Waals surface area contributed by atoms with Crippen molar-refractivity contribution in [1.82, 2.24) is 5.32 Å². The molecule has 0 radical (unpaired) electrons. The largest absolute Gasteiger partial charge is 0.466 e. The maximum atomic E-state index is 12.5. The predicted octanol–water partition coefficient (Wildman–Crippen LogP) is 19.8. The lowest BCUT2D eigenvalue weighted by atomic mass is 10.0. The molecule has 0 saturated carbocycles. The summed E-state index contributed by atoms with van der Waals surface area (Å²) in [6.07, 6.45) is 73.4. The maximum Gasteiger partial charge on any atom is 0.305 e. The van der Waals surface area contributed by atoms with Crippen LogP contribution in [0.2, 0.25) is 0 Å². The van der Waals surface area contributed by atoms with Crippen LogP contribution < -0.4 is 5.32 Å². The normalized spacial score (nSPS) is 12.7. The van der Waals surface area contributed by atoms with Crippen molar-refractivity contribution in [3.63, 3.8) is 0 Å². The lowest BCUT2D eigenvalue weighted by molar-refractivity contribution is -0.143. The molecule has 0 aromatic carbocycles. The molecule has 0 aliphatic rings. The Bertz CT molecular complexity index is 1090. The number of amides is 1. The first-order valence-electron chi connectivity index (χ1n) is 31.6. The third-order valence-corrected chi connectivity index (χ3v) is 14.8. The predicted molar refractivity (Wildman–Crippen MR) is 306 cm³/mol. The highest BCUT2D eigenvalue weighted by atomic mass is 16.5. The van der Waals surface area contributed by atoms with Gasteiger partial charge in [0.2, 0.25) is 5.91 Å². The Hall–Kier alpha value is -1.66. The average Bonchev–Trinajstić information content (AvgIpc) is 3.36. The lowest BCUT2D eigenvalue weighted by Gasteiger charge is -2.22. The fourth-order valence-electron chi connectivity index (χ4n) is 9.91. The van der Waals surface area contributed by atoms with Gasteiger partial charge in [-0.2, -0.15) is 0 Å². The number of esters is 1. The van der Waals surface area contributed by atoms with Crippen molar-refractivity contribution in [2.75, 3.05) is 13.2 Å². The number of ether oxygens (including phenoxy) is 1. The minimum absolute atomic E-state index is 0.0116. The molecule has 0 aromatic heterocycles. The Labute approximate surface area is 437 Å². The van der Waals surface area contributed by atoms with Crippen LogP contribution in [0.5, 0.6) is 0 Å². The smallest absolute Gasteiger partial charge is 0.305 e. The summed E-state index contributed by atoms with van der Waals surface area (Å²) in [4.78, 5) is 24.5. The number of aliphatic hydroxyl groups is 2. The molecule has 0 aliphatic heterocycles. The molecular formula is C64H123NO5. The van der Waals surface area contributed by atoms with Crippen LogP contribution in [0.1, 0.15) is 348 Å². The number of hydrogen-bond acceptors (Lipinski definition) is 5. The van der Waals surface area contributed by atoms with E-state index in [4.69, 9.17) is 4.74 Å². The number of allylic oxidation sites excluding steroid dienone is 4. The summed E-state index contributed by atoms with van der Waals surface area (Å²) in [5.74, 6) is -0.0248. The molecule has 2 atom stereocenters. The molecule has 0 aromatic rings. The zero-order valence-electron chi connectivity index (χ0n) is 47.3. The van der Waals surface area contributed by atoms with Crippen molar-refractivity contribution in [2.45, 2.75) is 360 Å². The van der Waals surface area contributed by atoms with Crippen LogP contribution in [-0.2, 0) is 14.3 Å². The summed E-state index contributed by atoms with van der Waals surface area (Å²) in [5, 5.41) is 23.3. The molecule has 0 aliphatic carbocycles. The summed E-state index contributed by atoms with van der Waals surface area (Å²) >= 11 is 0. The minimum Gasteiger partial charge on any atom is -0.466 e. The van der Waals surface area contributed by atoms with E-state index in [1.54, 1.807) is 0 Å². The highest BCUT2D eigenvalue weighted by Crippen LogP contribution is 2.18. The second kappa shape index (κ2) is 59.9. The second-order valence-electron chi connectivity index (χ2n) is 21.7. The third kappa shape index (κ3) is 55.7. The van der Waals surface area contributed by atoms with Crippen LogP contribution in [0.3, 0.4) is 0 Å². The number of hydrogen-bond donors (Lipinski definition) is 3. The number of carbonyl (C=O) groups is 2. The fraction of sp³-hybridized carbons (Fsp3) is 0.906. The van der Waals surface area contributed by atoms with Crippen molar-refractivity contribution in [3.8, 4) is 0 Å². The van der Waals surface area contributed by atoms with E-state index in [-0.39, 0.29) is 18.5 Å². The molecule has 6 heteroatoms. The van der Waals surface area contributed by atoms with Gasteiger partial charge in [0.15, 0.2) is 0 Å². The molecule has 70 heavy (non-hydrogen) atoms. The zero-order chi connectivity index (χ0) is 50.7. The van der Waals surface area contributed by atoms with Gasteiger partial charge in [0, 0.05) is 12.8 Å². The molecule has 0 rings (SSSR count). The van der Waals surface area contributed by atoms with Crippen molar-refractivity contribution in [2.24, 2.45) is 0 Å². The van der Waals surface area contributed by atoms with Gasteiger partial charge in [0.05, 0.1) is 25.4 Å². The number of carbonyl (C=O) groups excluding carboxylic acids is 2. The summed E-state index contributed by atoms with van der Waals surface area (Å²) < 4.78 is 5.47. The van der Waals surface area contributed by atoms with Gasteiger partial charge in [-0.05, 0) is 57.8 Å². The lowest BCUT2D eigenvalue weighted by Crippen LogP contribution is -2.45. The number of unbranched alkanes of at least 4 members (excludes halogenated alkanes) is 44. The van der Waals surface area contributed by atoms with E-state index in [1.807, 2.05) is 0 Å². The van der Waals surface area contributed by atoms with E-state index in [1.165, 1.54) is 270 Å². The molecule has 6 nitrogen and oxygen atoms in total. The summed E-state index contributed by atoms with van der Waals surface area (Å²) in [7, 11) is 0. The molecule has 0 fully saturated rings. The highest BCUT2D eigenvalue weighted by Gasteiger charge is 2.20. The molecule has 0 heterocycles. The minimum atomic E-state index is -0.665. The van der Waals surface area contributed by atoms with Gasteiger partial charge in [0.25, 0.3) is 0 Å². The fourth-order valence-corrected chi connectivity index (χ4v) is 9.91. The van der Waals surface area contributed by atoms with Gasteiger partial charge in [0.1, 0.15) is 0 Å². The monoisotopic (exact) mass is 986 g/mol. The quantitative estimate of drug-likeness (QED) is 0.0321. The van der Waals surface area contributed by atoms with Crippen molar-refractivity contribution in [1.29, 1.82) is 0 Å². The summed E-state index contributed by atoms with van der Waals surface area (Å²) in [5.41, 5.74) is 0. The van der Waals surface area contributed by atoms with Crippen LogP contribution in [-0.4, -0.2) is 47.4 Å². The van der Waals surface area contributed by atoms with Crippen molar-refractivity contribution in [3.05, 3.63) is 24.3 Å². The Morgan fingerprint density at radius 1 is 0.400 bits per heavy atom. The van der Waals surface area contributed by atoms with Gasteiger partial charge < -0.3 is 20.3 Å². The Kier molecular flexibility index (Phi) is 58.5. The molecule has 0 bridgehead atoms. The standard InChI is InChI=1S/C64H123NO5/c1-3-5-7-9-11-13-15-17-33-36-40-44-48-52-56-62(67)61(60-66)65-63(68)57-53-49-45-41-37-34-31-29-27-25-23-21-19-18-20-22-24-26-28-30-32-35-39-43-47-51-55-59-70-64(69)58-54-50-46-42-38-16-14-12-10-8-6-4-2/h18-19,22,24,61-62,66-67H,3-17,20-21,23,25-60H2,1-2H3,(H,65,68)/b19-18-,24-22-. The Morgan fingerprint density at radius 2 is 0.714 bits per heavy atom. The summed E-state index contributed by atoms with van der Waals surface area (Å²) in [6, 6.07) is -0.543. The van der Waals surface area contributed by atoms with Crippen LogP contribution in [0.15, 0.2) is 24.3 Å². The molecule has 1 amide bonds. The van der Waals surface area contributed by atoms with E-state index < -0.39 is 12.1 Å². The molecular weight excluding hydrogens is 863 g/mol. The molecule has 0 spiro atoms. The third-order valence-electron chi connectivity index (χ3n) is 14.8. The van der Waals surface area contributed by atoms with E-state index in [0.717, 1.165) is 44.9 Å². The summed E-state index contributed by atoms with van der Waals surface area (Å²) in [6.45, 7) is 4.97. The zero-order valence-corrected chi connectivity index (χ0v) is 47.3. The maximum absolute atomic E-state index is 12.5. The average molecular weight is 987 g/mol. The van der Waals surface area contributed by atoms with Gasteiger partial charge >= 0.3 is 5.97 Å². The Balaban J connectivity index is 3.41. The van der Waals surface area contributed by atoms with Crippen LogP contribution in [0.4, 0.5) is 0 Å². The van der Waals surface area contributed by atoms with E-state index >= 15 is 0 Å². The molecule has 0 saturated heterocycles.